The zero-order valence-corrected chi connectivity index (χ0v) is 13.7. The second-order valence-corrected chi connectivity index (χ2v) is 7.15. The van der Waals surface area contributed by atoms with Gasteiger partial charge in [-0.3, -0.25) is 0 Å². The summed E-state index contributed by atoms with van der Waals surface area (Å²) in [5, 5.41) is 4.39. The molecule has 5 heteroatoms. The van der Waals surface area contributed by atoms with Crippen LogP contribution in [-0.4, -0.2) is 23.0 Å². The normalized spacial score (nSPS) is 26.0. The van der Waals surface area contributed by atoms with Gasteiger partial charge in [0.05, 0.1) is 0 Å². The number of hydrogen-bond acceptors (Lipinski definition) is 5. The summed E-state index contributed by atoms with van der Waals surface area (Å²) in [6.07, 6.45) is 5.21. The average molecular weight is 315 g/mol. The molecule has 0 amide bonds. The fourth-order valence-corrected chi connectivity index (χ4v) is 4.54. The van der Waals surface area contributed by atoms with E-state index in [4.69, 9.17) is 4.74 Å². The molecule has 2 aliphatic rings. The maximum absolute atomic E-state index is 5.06. The molecule has 0 saturated heterocycles. The van der Waals surface area contributed by atoms with Crippen molar-refractivity contribution in [3.8, 4) is 0 Å². The van der Waals surface area contributed by atoms with Crippen molar-refractivity contribution in [3.05, 3.63) is 41.2 Å². The third-order valence-corrected chi connectivity index (χ3v) is 5.81. The van der Waals surface area contributed by atoms with Gasteiger partial charge in [-0.2, -0.15) is 4.37 Å². The van der Waals surface area contributed by atoms with Crippen LogP contribution in [0.3, 0.4) is 0 Å². The number of fused-ring (bicyclic) bond motifs is 2. The molecule has 2 atom stereocenters. The Morgan fingerprint density at radius 1 is 1.41 bits per heavy atom. The highest BCUT2D eigenvalue weighted by Crippen LogP contribution is 2.60. The highest BCUT2D eigenvalue weighted by atomic mass is 32.1. The molecule has 1 spiro atoms. The third kappa shape index (κ3) is 2.42. The van der Waals surface area contributed by atoms with Gasteiger partial charge in [0.2, 0.25) is 5.13 Å². The molecule has 1 aromatic carbocycles. The number of benzene rings is 1. The number of hydrogen-bond donors (Lipinski definition) is 1. The Morgan fingerprint density at radius 2 is 2.32 bits per heavy atom. The van der Waals surface area contributed by atoms with Gasteiger partial charge in [0.25, 0.3) is 0 Å². The number of aromatic nitrogens is 2. The zero-order chi connectivity index (χ0) is 15.0. The third-order valence-electron chi connectivity index (χ3n) is 5.10. The van der Waals surface area contributed by atoms with Crippen LogP contribution in [0.25, 0.3) is 0 Å². The molecule has 4 nitrogen and oxygen atoms in total. The lowest BCUT2D eigenvalue weighted by Gasteiger charge is -2.26. The summed E-state index contributed by atoms with van der Waals surface area (Å²) in [6, 6.07) is 9.01. The second-order valence-electron chi connectivity index (χ2n) is 6.40. The molecule has 2 aromatic rings. The summed E-state index contributed by atoms with van der Waals surface area (Å²) >= 11 is 1.43. The molecule has 1 fully saturated rings. The predicted molar refractivity (Wildman–Crippen MR) is 88.3 cm³/mol. The summed E-state index contributed by atoms with van der Waals surface area (Å²) in [5.41, 5.74) is 3.60. The second kappa shape index (κ2) is 5.63. The summed E-state index contributed by atoms with van der Waals surface area (Å²) in [6.45, 7) is 1.48. The Kier molecular flexibility index (Phi) is 3.62. The van der Waals surface area contributed by atoms with Crippen molar-refractivity contribution in [2.75, 3.05) is 19.0 Å². The number of aryl methyl sites for hydroxylation is 1. The van der Waals surface area contributed by atoms with Gasteiger partial charge < -0.3 is 10.1 Å². The Labute approximate surface area is 135 Å². The van der Waals surface area contributed by atoms with Gasteiger partial charge >= 0.3 is 0 Å². The Hall–Kier alpha value is -1.46. The summed E-state index contributed by atoms with van der Waals surface area (Å²) in [4.78, 5) is 4.45. The molecular weight excluding hydrogens is 294 g/mol. The van der Waals surface area contributed by atoms with Crippen molar-refractivity contribution >= 4 is 16.7 Å². The largest absolute Gasteiger partial charge is 0.377 e. The molecule has 0 aliphatic heterocycles. The maximum Gasteiger partial charge on any atom is 0.202 e. The monoisotopic (exact) mass is 315 g/mol. The molecule has 1 N–H and O–H groups in total. The van der Waals surface area contributed by atoms with Crippen molar-refractivity contribution in [1.82, 2.24) is 9.36 Å². The average Bonchev–Trinajstić information content (AvgIpc) is 3.03. The van der Waals surface area contributed by atoms with Crippen LogP contribution < -0.4 is 5.32 Å². The molecule has 0 bridgehead atoms. The van der Waals surface area contributed by atoms with Gasteiger partial charge in [0.1, 0.15) is 6.61 Å². The van der Waals surface area contributed by atoms with Crippen LogP contribution in [0, 0.1) is 5.92 Å². The van der Waals surface area contributed by atoms with E-state index in [9.17, 15) is 0 Å². The minimum absolute atomic E-state index is 0.432. The van der Waals surface area contributed by atoms with Gasteiger partial charge in [-0.1, -0.05) is 24.3 Å². The van der Waals surface area contributed by atoms with Crippen molar-refractivity contribution < 1.29 is 4.74 Å². The van der Waals surface area contributed by atoms with Crippen LogP contribution in [-0.2, 0) is 23.2 Å². The molecule has 0 radical (unpaired) electrons. The van der Waals surface area contributed by atoms with Crippen molar-refractivity contribution in [1.29, 1.82) is 0 Å². The lowest BCUT2D eigenvalue weighted by Crippen LogP contribution is -2.21. The highest BCUT2D eigenvalue weighted by molar-refractivity contribution is 7.09. The van der Waals surface area contributed by atoms with Gasteiger partial charge in [-0.05, 0) is 42.7 Å². The van der Waals surface area contributed by atoms with Gasteiger partial charge in [0, 0.05) is 30.6 Å². The smallest absolute Gasteiger partial charge is 0.202 e. The maximum atomic E-state index is 5.06. The van der Waals surface area contributed by atoms with Crippen molar-refractivity contribution in [2.45, 2.75) is 37.7 Å². The fraction of sp³-hybridized carbons (Fsp3) is 0.529. The van der Waals surface area contributed by atoms with E-state index >= 15 is 0 Å². The lowest BCUT2D eigenvalue weighted by molar-refractivity contribution is 0.179. The quantitative estimate of drug-likeness (QED) is 0.919. The minimum Gasteiger partial charge on any atom is -0.377 e. The topological polar surface area (TPSA) is 47.0 Å². The summed E-state index contributed by atoms with van der Waals surface area (Å²) in [5.74, 6) is 1.49. The van der Waals surface area contributed by atoms with E-state index in [0.29, 0.717) is 12.0 Å². The molecule has 2 unspecified atom stereocenters. The lowest BCUT2D eigenvalue weighted by atomic mass is 9.79. The zero-order valence-electron chi connectivity index (χ0n) is 12.8. The first kappa shape index (κ1) is 14.2. The molecule has 4 rings (SSSR count). The van der Waals surface area contributed by atoms with Crippen LogP contribution in [0.15, 0.2) is 24.3 Å². The number of rotatable bonds is 5. The Balaban J connectivity index is 1.42. The van der Waals surface area contributed by atoms with Crippen LogP contribution >= 0.6 is 11.5 Å². The molecule has 116 valence electrons. The Bertz CT molecular complexity index is 671. The molecule has 22 heavy (non-hydrogen) atoms. The number of nitrogens with zero attached hydrogens (tertiary/aromatic N) is 2. The van der Waals surface area contributed by atoms with Crippen LogP contribution in [0.2, 0.25) is 0 Å². The van der Waals surface area contributed by atoms with E-state index in [2.05, 4.69) is 38.9 Å². The first-order chi connectivity index (χ1) is 10.8. The van der Waals surface area contributed by atoms with E-state index in [-0.39, 0.29) is 0 Å². The Morgan fingerprint density at radius 3 is 3.23 bits per heavy atom. The number of anilines is 1. The first-order valence-electron chi connectivity index (χ1n) is 7.95. The molecular formula is C17H21N3OS. The summed E-state index contributed by atoms with van der Waals surface area (Å²) in [7, 11) is 1.67. The molecule has 1 heterocycles. The van der Waals surface area contributed by atoms with Crippen molar-refractivity contribution in [3.63, 3.8) is 0 Å². The van der Waals surface area contributed by atoms with E-state index in [1.165, 1.54) is 37.2 Å². The minimum atomic E-state index is 0.432. The molecule has 1 aromatic heterocycles. The van der Waals surface area contributed by atoms with E-state index in [1.54, 1.807) is 18.2 Å². The van der Waals surface area contributed by atoms with Gasteiger partial charge in [-0.15, -0.1) is 0 Å². The first-order valence-corrected chi connectivity index (χ1v) is 8.73. The molecule has 1 saturated carbocycles. The van der Waals surface area contributed by atoms with E-state index < -0.39 is 0 Å². The van der Waals surface area contributed by atoms with E-state index in [0.717, 1.165) is 23.4 Å². The molecule has 2 aliphatic carbocycles. The van der Waals surface area contributed by atoms with Crippen LogP contribution in [0.1, 0.15) is 36.2 Å². The SMILES string of the molecule is COCc1nsc(NCC2CC23CCCc2ccccc23)n1. The highest BCUT2D eigenvalue weighted by Gasteiger charge is 2.55. The van der Waals surface area contributed by atoms with E-state index in [1.807, 2.05) is 0 Å². The fourth-order valence-electron chi connectivity index (χ4n) is 3.96. The number of nitrogens with one attached hydrogen (secondary N) is 1. The summed E-state index contributed by atoms with van der Waals surface area (Å²) < 4.78 is 9.35. The number of ether oxygens (including phenoxy) is 1. The predicted octanol–water partition coefficient (Wildman–Crippen LogP) is 3.39. The van der Waals surface area contributed by atoms with Crippen LogP contribution in [0.5, 0.6) is 0 Å². The van der Waals surface area contributed by atoms with Gasteiger partial charge in [0.15, 0.2) is 5.82 Å². The standard InChI is InChI=1S/C17H21N3OS/c1-21-11-15-19-16(22-20-15)18-10-13-9-17(13)8-4-6-12-5-2-3-7-14(12)17/h2-3,5,7,13H,4,6,8-11H2,1H3,(H,18,19,20). The number of methoxy groups -OCH3 is 1. The van der Waals surface area contributed by atoms with Crippen LogP contribution in [0.4, 0.5) is 5.13 Å². The van der Waals surface area contributed by atoms with Crippen molar-refractivity contribution in [2.24, 2.45) is 5.92 Å². The van der Waals surface area contributed by atoms with Gasteiger partial charge in [-0.25, -0.2) is 4.98 Å².